The van der Waals surface area contributed by atoms with Gasteiger partial charge in [-0.15, -0.1) is 11.3 Å². The number of nitrogens with zero attached hydrogens (tertiary/aromatic N) is 2. The molecule has 0 spiro atoms. The fourth-order valence-corrected chi connectivity index (χ4v) is 3.46. The van der Waals surface area contributed by atoms with E-state index in [-0.39, 0.29) is 11.4 Å². The van der Waals surface area contributed by atoms with E-state index in [0.717, 1.165) is 17.2 Å². The molecule has 0 aliphatic rings. The van der Waals surface area contributed by atoms with Crippen molar-refractivity contribution in [2.24, 2.45) is 7.05 Å². The fraction of sp³-hybridized carbons (Fsp3) is 0.417. The van der Waals surface area contributed by atoms with E-state index in [1.807, 2.05) is 23.9 Å². The van der Waals surface area contributed by atoms with Gasteiger partial charge in [0, 0.05) is 37.1 Å². The highest BCUT2D eigenvalue weighted by Gasteiger charge is 2.17. The van der Waals surface area contributed by atoms with Crippen LogP contribution in [-0.2, 0) is 30.2 Å². The molecule has 8 heteroatoms. The number of nitrogens with one attached hydrogen (secondary N) is 2. The standard InChI is InChI=1S/C12H18N4O2S2/c1-3-13-7-10-6-11(9-16(10)2)20(17,18)15-8-12-14-4-5-19-12/h4-6,9,13,15H,3,7-8H2,1-2H3. The van der Waals surface area contributed by atoms with Crippen molar-refractivity contribution in [1.82, 2.24) is 19.6 Å². The van der Waals surface area contributed by atoms with E-state index in [2.05, 4.69) is 15.0 Å². The van der Waals surface area contributed by atoms with Crippen LogP contribution in [0, 0.1) is 0 Å². The van der Waals surface area contributed by atoms with Crippen LogP contribution in [0.5, 0.6) is 0 Å². The van der Waals surface area contributed by atoms with Crippen LogP contribution < -0.4 is 10.0 Å². The van der Waals surface area contributed by atoms with Gasteiger partial charge in [0.15, 0.2) is 0 Å². The highest BCUT2D eigenvalue weighted by molar-refractivity contribution is 7.89. The molecule has 0 saturated heterocycles. The van der Waals surface area contributed by atoms with Gasteiger partial charge >= 0.3 is 0 Å². The Bertz CT molecular complexity index is 647. The molecule has 0 aromatic carbocycles. The minimum atomic E-state index is -3.50. The average molecular weight is 314 g/mol. The summed E-state index contributed by atoms with van der Waals surface area (Å²) >= 11 is 1.43. The first-order chi connectivity index (χ1) is 9.53. The summed E-state index contributed by atoms with van der Waals surface area (Å²) in [5.74, 6) is 0. The molecular weight excluding hydrogens is 296 g/mol. The van der Waals surface area contributed by atoms with Crippen LogP contribution in [0.15, 0.2) is 28.7 Å². The van der Waals surface area contributed by atoms with Gasteiger partial charge in [-0.1, -0.05) is 6.92 Å². The molecule has 2 rings (SSSR count). The fourth-order valence-electron chi connectivity index (χ4n) is 1.73. The largest absolute Gasteiger partial charge is 0.352 e. The zero-order valence-corrected chi connectivity index (χ0v) is 13.1. The molecule has 0 radical (unpaired) electrons. The predicted molar refractivity (Wildman–Crippen MR) is 78.9 cm³/mol. The Balaban J connectivity index is 2.09. The zero-order chi connectivity index (χ0) is 14.6. The Morgan fingerprint density at radius 2 is 2.20 bits per heavy atom. The van der Waals surface area contributed by atoms with Crippen molar-refractivity contribution < 1.29 is 8.42 Å². The Morgan fingerprint density at radius 3 is 2.85 bits per heavy atom. The van der Waals surface area contributed by atoms with Crippen molar-refractivity contribution in [3.63, 3.8) is 0 Å². The summed E-state index contributed by atoms with van der Waals surface area (Å²) in [6.45, 7) is 3.72. The third-order valence-electron chi connectivity index (χ3n) is 2.85. The number of sulfonamides is 1. The van der Waals surface area contributed by atoms with Crippen LogP contribution >= 0.6 is 11.3 Å². The lowest BCUT2D eigenvalue weighted by Crippen LogP contribution is -2.22. The summed E-state index contributed by atoms with van der Waals surface area (Å²) in [5.41, 5.74) is 0.932. The van der Waals surface area contributed by atoms with E-state index < -0.39 is 10.0 Å². The summed E-state index contributed by atoms with van der Waals surface area (Å²) in [7, 11) is -1.66. The minimum absolute atomic E-state index is 0.220. The van der Waals surface area contributed by atoms with Crippen molar-refractivity contribution in [2.75, 3.05) is 6.54 Å². The lowest BCUT2D eigenvalue weighted by molar-refractivity contribution is 0.581. The first-order valence-electron chi connectivity index (χ1n) is 6.27. The summed E-state index contributed by atoms with van der Waals surface area (Å²) < 4.78 is 28.8. The van der Waals surface area contributed by atoms with Gasteiger partial charge in [-0.25, -0.2) is 18.1 Å². The van der Waals surface area contributed by atoms with Crippen LogP contribution in [0.1, 0.15) is 17.6 Å². The molecule has 0 amide bonds. The van der Waals surface area contributed by atoms with Gasteiger partial charge in [-0.2, -0.15) is 0 Å². The van der Waals surface area contributed by atoms with Gasteiger partial charge in [-0.05, 0) is 12.6 Å². The monoisotopic (exact) mass is 314 g/mol. The number of rotatable bonds is 7. The van der Waals surface area contributed by atoms with Gasteiger partial charge < -0.3 is 9.88 Å². The topological polar surface area (TPSA) is 76.0 Å². The molecule has 0 fully saturated rings. The second kappa shape index (κ2) is 6.49. The quantitative estimate of drug-likeness (QED) is 0.801. The van der Waals surface area contributed by atoms with Crippen molar-refractivity contribution in [3.8, 4) is 0 Å². The zero-order valence-electron chi connectivity index (χ0n) is 11.5. The number of hydrogen-bond acceptors (Lipinski definition) is 5. The van der Waals surface area contributed by atoms with Gasteiger partial charge in [0.2, 0.25) is 10.0 Å². The highest BCUT2D eigenvalue weighted by Crippen LogP contribution is 2.14. The van der Waals surface area contributed by atoms with E-state index in [1.165, 1.54) is 11.3 Å². The summed E-state index contributed by atoms with van der Waals surface area (Å²) in [4.78, 5) is 4.33. The molecule has 20 heavy (non-hydrogen) atoms. The van der Waals surface area contributed by atoms with E-state index in [4.69, 9.17) is 0 Å². The van der Waals surface area contributed by atoms with Crippen molar-refractivity contribution in [2.45, 2.75) is 24.9 Å². The van der Waals surface area contributed by atoms with Gasteiger partial charge in [0.1, 0.15) is 5.01 Å². The Morgan fingerprint density at radius 1 is 1.40 bits per heavy atom. The average Bonchev–Trinajstić information content (AvgIpc) is 3.04. The third-order valence-corrected chi connectivity index (χ3v) is 4.99. The van der Waals surface area contributed by atoms with E-state index in [0.29, 0.717) is 6.54 Å². The molecule has 0 unspecified atom stereocenters. The summed E-state index contributed by atoms with van der Waals surface area (Å²) in [6, 6.07) is 1.69. The van der Waals surface area contributed by atoms with Crippen molar-refractivity contribution in [3.05, 3.63) is 34.5 Å². The molecule has 0 bridgehead atoms. The molecule has 2 aromatic heterocycles. The maximum Gasteiger partial charge on any atom is 0.242 e. The molecule has 0 aliphatic heterocycles. The maximum atomic E-state index is 12.2. The molecule has 2 aromatic rings. The molecule has 2 N–H and O–H groups in total. The SMILES string of the molecule is CCNCc1cc(S(=O)(=O)NCc2nccs2)cn1C. The Kier molecular flexibility index (Phi) is 4.92. The summed E-state index contributed by atoms with van der Waals surface area (Å²) in [5, 5.41) is 5.75. The molecule has 0 saturated carbocycles. The third kappa shape index (κ3) is 3.66. The van der Waals surface area contributed by atoms with Crippen molar-refractivity contribution >= 4 is 21.4 Å². The van der Waals surface area contributed by atoms with Gasteiger partial charge in [0.25, 0.3) is 0 Å². The molecule has 0 aliphatic carbocycles. The first-order valence-corrected chi connectivity index (χ1v) is 8.63. The highest BCUT2D eigenvalue weighted by atomic mass is 32.2. The minimum Gasteiger partial charge on any atom is -0.352 e. The maximum absolute atomic E-state index is 12.2. The molecule has 6 nitrogen and oxygen atoms in total. The van der Waals surface area contributed by atoms with Gasteiger partial charge in [-0.3, -0.25) is 0 Å². The first kappa shape index (κ1) is 15.2. The predicted octanol–water partition coefficient (Wildman–Crippen LogP) is 1.07. The molecule has 2 heterocycles. The smallest absolute Gasteiger partial charge is 0.242 e. The van der Waals surface area contributed by atoms with Crippen LogP contribution in [0.2, 0.25) is 0 Å². The van der Waals surface area contributed by atoms with Crippen LogP contribution in [-0.4, -0.2) is 24.5 Å². The molecule has 110 valence electrons. The van der Waals surface area contributed by atoms with E-state index >= 15 is 0 Å². The van der Waals surface area contributed by atoms with Crippen LogP contribution in [0.3, 0.4) is 0 Å². The number of aromatic nitrogens is 2. The normalized spacial score (nSPS) is 11.9. The van der Waals surface area contributed by atoms with E-state index in [9.17, 15) is 8.42 Å². The second-order valence-corrected chi connectivity index (χ2v) is 7.05. The summed E-state index contributed by atoms with van der Waals surface area (Å²) in [6.07, 6.45) is 3.28. The molecule has 0 atom stereocenters. The lowest BCUT2D eigenvalue weighted by Gasteiger charge is -2.02. The second-order valence-electron chi connectivity index (χ2n) is 4.31. The molecular formula is C12H18N4O2S2. The van der Waals surface area contributed by atoms with E-state index in [1.54, 1.807) is 18.5 Å². The number of thiazole rings is 1. The van der Waals surface area contributed by atoms with Crippen LogP contribution in [0.4, 0.5) is 0 Å². The lowest BCUT2D eigenvalue weighted by atomic mass is 10.4. The Labute approximate surface area is 122 Å². The number of aryl methyl sites for hydroxylation is 1. The van der Waals surface area contributed by atoms with Crippen molar-refractivity contribution in [1.29, 1.82) is 0 Å². The van der Waals surface area contributed by atoms with Crippen LogP contribution in [0.25, 0.3) is 0 Å². The Hall–Kier alpha value is -1.22. The number of hydrogen-bond donors (Lipinski definition) is 2. The van der Waals surface area contributed by atoms with Gasteiger partial charge in [0.05, 0.1) is 11.4 Å².